The number of amides is 1. The molecule has 0 saturated heterocycles. The summed E-state index contributed by atoms with van der Waals surface area (Å²) in [5.41, 5.74) is 0.515. The molecule has 3 rings (SSSR count). The van der Waals surface area contributed by atoms with Crippen LogP contribution in [-0.2, 0) is 14.8 Å². The largest absolute Gasteiger partial charge is 0.478 e. The van der Waals surface area contributed by atoms with E-state index in [1.807, 2.05) is 0 Å². The number of benzene rings is 2. The van der Waals surface area contributed by atoms with Crippen LogP contribution in [0.4, 0.5) is 10.6 Å². The molecular formula is C26H32Cl2N4O8SSi. The van der Waals surface area contributed by atoms with Gasteiger partial charge in [0.2, 0.25) is 11.7 Å². The molecule has 1 amide bonds. The van der Waals surface area contributed by atoms with Crippen LogP contribution in [0.15, 0.2) is 53.6 Å². The van der Waals surface area contributed by atoms with E-state index in [0.29, 0.717) is 17.9 Å². The first-order valence-electron chi connectivity index (χ1n) is 12.6. The van der Waals surface area contributed by atoms with Gasteiger partial charge in [-0.15, -0.1) is 0 Å². The third kappa shape index (κ3) is 8.69. The highest BCUT2D eigenvalue weighted by molar-refractivity contribution is 7.93. The number of ether oxygens (including phenoxy) is 3. The Morgan fingerprint density at radius 1 is 1.14 bits per heavy atom. The second-order valence-corrected chi connectivity index (χ2v) is 18.4. The van der Waals surface area contributed by atoms with Gasteiger partial charge in [0.1, 0.15) is 17.4 Å². The van der Waals surface area contributed by atoms with E-state index in [0.717, 1.165) is 10.3 Å². The summed E-state index contributed by atoms with van der Waals surface area (Å²) in [6.07, 6.45) is -0.0506. The molecule has 1 atom stereocenters. The molecule has 1 aromatic heterocycles. The van der Waals surface area contributed by atoms with E-state index in [4.69, 9.17) is 42.5 Å². The van der Waals surface area contributed by atoms with Gasteiger partial charge in [0.25, 0.3) is 15.9 Å². The van der Waals surface area contributed by atoms with Gasteiger partial charge >= 0.3 is 6.09 Å². The van der Waals surface area contributed by atoms with E-state index < -0.39 is 43.6 Å². The summed E-state index contributed by atoms with van der Waals surface area (Å²) in [6, 6.07) is 10.5. The lowest BCUT2D eigenvalue weighted by Crippen LogP contribution is -2.35. The zero-order valence-corrected chi connectivity index (χ0v) is 26.7. The number of nitrogens with zero attached hydrogens (tertiary/aromatic N) is 3. The van der Waals surface area contributed by atoms with Crippen LogP contribution in [0.2, 0.25) is 35.7 Å². The van der Waals surface area contributed by atoms with Crippen LogP contribution in [0, 0.1) is 0 Å². The van der Waals surface area contributed by atoms with Gasteiger partial charge in [0.05, 0.1) is 36.0 Å². The quantitative estimate of drug-likeness (QED) is 0.116. The minimum absolute atomic E-state index is 0.0106. The average molecular weight is 660 g/mol. The topological polar surface area (TPSA) is 160 Å². The molecular weight excluding hydrogens is 627 g/mol. The second kappa shape index (κ2) is 14.4. The molecule has 0 aliphatic heterocycles. The fourth-order valence-electron chi connectivity index (χ4n) is 3.55. The number of aliphatic hydroxyl groups is 1. The Bertz CT molecular complexity index is 1490. The third-order valence-electron chi connectivity index (χ3n) is 5.80. The van der Waals surface area contributed by atoms with Crippen molar-refractivity contribution in [2.45, 2.75) is 36.6 Å². The number of nitrogens with one attached hydrogen (secondary N) is 1. The lowest BCUT2D eigenvalue weighted by Gasteiger charge is -2.25. The number of carbonyl (C=O) groups is 1. The van der Waals surface area contributed by atoms with Crippen LogP contribution in [0.1, 0.15) is 11.6 Å². The van der Waals surface area contributed by atoms with Gasteiger partial charge in [-0.25, -0.2) is 22.5 Å². The highest BCUT2D eigenvalue weighted by atomic mass is 35.5. The van der Waals surface area contributed by atoms with E-state index in [1.165, 1.54) is 31.5 Å². The number of rotatable bonds is 14. The molecule has 0 radical (unpaired) electrons. The van der Waals surface area contributed by atoms with Gasteiger partial charge in [-0.3, -0.25) is 0 Å². The molecule has 0 saturated carbocycles. The van der Waals surface area contributed by atoms with Crippen LogP contribution in [0.3, 0.4) is 0 Å². The Hall–Kier alpha value is -3.14. The van der Waals surface area contributed by atoms with Crippen molar-refractivity contribution in [1.29, 1.82) is 0 Å². The molecule has 42 heavy (non-hydrogen) atoms. The molecule has 0 unspecified atom stereocenters. The van der Waals surface area contributed by atoms with Gasteiger partial charge in [0, 0.05) is 14.7 Å². The average Bonchev–Trinajstić information content (AvgIpc) is 2.93. The maximum atomic E-state index is 13.8. The van der Waals surface area contributed by atoms with Crippen molar-refractivity contribution in [1.82, 2.24) is 15.3 Å². The SMILES string of the molecule is COc1nc(Oc2ccc([C@H](CO)NC(=O)O)cc2)cnc1N(COCC[Si](C)(C)C)S(=O)(=O)c1cccc(Cl)c1Cl. The number of aromatic nitrogens is 2. The smallest absolute Gasteiger partial charge is 0.405 e. The van der Waals surface area contributed by atoms with Crippen molar-refractivity contribution in [2.24, 2.45) is 0 Å². The van der Waals surface area contributed by atoms with Gasteiger partial charge in [0.15, 0.2) is 0 Å². The fourth-order valence-corrected chi connectivity index (χ4v) is 6.35. The predicted molar refractivity (Wildman–Crippen MR) is 161 cm³/mol. The Morgan fingerprint density at radius 3 is 2.43 bits per heavy atom. The first kappa shape index (κ1) is 33.4. The summed E-state index contributed by atoms with van der Waals surface area (Å²) < 4.78 is 45.5. The first-order valence-corrected chi connectivity index (χ1v) is 18.5. The summed E-state index contributed by atoms with van der Waals surface area (Å²) in [6.45, 7) is 6.04. The minimum Gasteiger partial charge on any atom is -0.478 e. The molecule has 12 nitrogen and oxygen atoms in total. The number of hydrogen-bond donors (Lipinski definition) is 3. The number of methoxy groups -OCH3 is 1. The van der Waals surface area contributed by atoms with Crippen LogP contribution in [-0.4, -0.2) is 69.8 Å². The van der Waals surface area contributed by atoms with E-state index in [9.17, 15) is 18.3 Å². The second-order valence-electron chi connectivity index (χ2n) is 10.2. The summed E-state index contributed by atoms with van der Waals surface area (Å²) in [7, 11) is -4.49. The highest BCUT2D eigenvalue weighted by Crippen LogP contribution is 2.36. The third-order valence-corrected chi connectivity index (χ3v) is 10.2. The van der Waals surface area contributed by atoms with Gasteiger partial charge in [-0.1, -0.05) is 61.0 Å². The molecule has 0 aliphatic rings. The van der Waals surface area contributed by atoms with E-state index in [1.54, 1.807) is 24.3 Å². The fraction of sp³-hybridized carbons (Fsp3) is 0.346. The lowest BCUT2D eigenvalue weighted by molar-refractivity contribution is 0.155. The Labute approximate surface area is 255 Å². The Balaban J connectivity index is 1.93. The summed E-state index contributed by atoms with van der Waals surface area (Å²) in [5.74, 6) is -0.0105. The Morgan fingerprint density at radius 2 is 1.83 bits per heavy atom. The van der Waals surface area contributed by atoms with Crippen molar-refractivity contribution in [3.05, 3.63) is 64.3 Å². The molecule has 0 aliphatic carbocycles. The minimum atomic E-state index is -4.34. The molecule has 0 bridgehead atoms. The van der Waals surface area contributed by atoms with Crippen LogP contribution in [0.5, 0.6) is 17.5 Å². The molecule has 16 heteroatoms. The van der Waals surface area contributed by atoms with Crippen LogP contribution < -0.4 is 19.1 Å². The van der Waals surface area contributed by atoms with E-state index >= 15 is 0 Å². The van der Waals surface area contributed by atoms with E-state index in [-0.39, 0.29) is 32.5 Å². The molecule has 3 N–H and O–H groups in total. The zero-order chi connectivity index (χ0) is 31.1. The highest BCUT2D eigenvalue weighted by Gasteiger charge is 2.32. The monoisotopic (exact) mass is 658 g/mol. The molecule has 2 aromatic carbocycles. The molecule has 228 valence electrons. The molecule has 0 spiro atoms. The van der Waals surface area contributed by atoms with Gasteiger partial charge in [-0.2, -0.15) is 4.98 Å². The molecule has 0 fully saturated rings. The normalized spacial score (nSPS) is 12.5. The van der Waals surface area contributed by atoms with Gasteiger partial charge in [-0.05, 0) is 35.9 Å². The number of aliphatic hydroxyl groups excluding tert-OH is 1. The standard InChI is InChI=1S/C26H32Cl2N4O8SSi/c1-38-25-24(29-14-22(31-25)40-18-10-8-17(9-11-18)20(15-33)30-26(34)35)32(16-39-12-13-42(2,3)4)41(36,37)21-7-5-6-19(27)23(21)28/h5-11,14,20,30,33H,12-13,15-16H2,1-4H3,(H,34,35)/t20-/m0/s1. The summed E-state index contributed by atoms with van der Waals surface area (Å²) >= 11 is 12.4. The van der Waals surface area contributed by atoms with Crippen molar-refractivity contribution in [3.63, 3.8) is 0 Å². The van der Waals surface area contributed by atoms with Crippen molar-refractivity contribution in [3.8, 4) is 17.5 Å². The number of hydrogen-bond acceptors (Lipinski definition) is 9. The summed E-state index contributed by atoms with van der Waals surface area (Å²) in [4.78, 5) is 19.3. The molecule has 3 aromatic rings. The summed E-state index contributed by atoms with van der Waals surface area (Å²) in [5, 5.41) is 20.5. The number of carboxylic acid groups (broad SMARTS) is 1. The maximum absolute atomic E-state index is 13.8. The zero-order valence-electron chi connectivity index (χ0n) is 23.4. The van der Waals surface area contributed by atoms with Crippen LogP contribution in [0.25, 0.3) is 0 Å². The van der Waals surface area contributed by atoms with E-state index in [2.05, 4.69) is 34.9 Å². The van der Waals surface area contributed by atoms with Crippen LogP contribution >= 0.6 is 23.2 Å². The number of sulfonamides is 1. The Kier molecular flexibility index (Phi) is 11.4. The van der Waals surface area contributed by atoms with Crippen molar-refractivity contribution in [2.75, 3.05) is 31.4 Å². The lowest BCUT2D eigenvalue weighted by atomic mass is 10.1. The number of halogens is 2. The number of anilines is 1. The van der Waals surface area contributed by atoms with Crippen molar-refractivity contribution >= 4 is 53.2 Å². The predicted octanol–water partition coefficient (Wildman–Crippen LogP) is 5.39. The molecule has 1 heterocycles. The first-order chi connectivity index (χ1) is 19.8. The van der Waals surface area contributed by atoms with Gasteiger partial charge < -0.3 is 29.7 Å². The maximum Gasteiger partial charge on any atom is 0.405 e. The van der Waals surface area contributed by atoms with Crippen molar-refractivity contribution < 1.29 is 37.6 Å².